The van der Waals surface area contributed by atoms with Crippen molar-refractivity contribution in [1.82, 2.24) is 9.88 Å². The Labute approximate surface area is 153 Å². The first-order chi connectivity index (χ1) is 12.7. The van der Waals surface area contributed by atoms with Crippen LogP contribution >= 0.6 is 0 Å². The van der Waals surface area contributed by atoms with Crippen molar-refractivity contribution in [2.75, 3.05) is 0 Å². The molecule has 130 valence electrons. The highest BCUT2D eigenvalue weighted by atomic mass is 16.1. The maximum atomic E-state index is 12.1. The van der Waals surface area contributed by atoms with Gasteiger partial charge < -0.3 is 9.88 Å². The Bertz CT molecular complexity index is 975. The number of carbonyl (C=O) groups excluding carboxylic acids is 1. The highest BCUT2D eigenvalue weighted by Crippen LogP contribution is 2.22. The molecule has 4 nitrogen and oxygen atoms in total. The molecule has 0 saturated carbocycles. The Balaban J connectivity index is 1.70. The number of para-hydroxylation sites is 1. The number of nitriles is 1. The number of hydrogen-bond donors (Lipinski definition) is 1. The van der Waals surface area contributed by atoms with Crippen molar-refractivity contribution in [2.24, 2.45) is 0 Å². The molecule has 0 atom stereocenters. The van der Waals surface area contributed by atoms with E-state index in [1.165, 1.54) is 5.56 Å². The number of carbonyl (C=O) groups is 1. The first-order valence-corrected chi connectivity index (χ1v) is 8.63. The fourth-order valence-electron chi connectivity index (χ4n) is 2.88. The Morgan fingerprint density at radius 1 is 1.19 bits per heavy atom. The van der Waals surface area contributed by atoms with Crippen molar-refractivity contribution in [3.8, 4) is 6.07 Å². The number of nitrogens with zero attached hydrogens (tertiary/aromatic N) is 2. The first-order valence-electron chi connectivity index (χ1n) is 8.63. The number of rotatable bonds is 6. The van der Waals surface area contributed by atoms with Gasteiger partial charge in [0, 0.05) is 41.8 Å². The highest BCUT2D eigenvalue weighted by Gasteiger charge is 2.06. The van der Waals surface area contributed by atoms with Crippen LogP contribution in [0.3, 0.4) is 0 Å². The second kappa shape index (κ2) is 8.17. The van der Waals surface area contributed by atoms with Crippen molar-refractivity contribution in [3.05, 3.63) is 77.5 Å². The van der Waals surface area contributed by atoms with E-state index in [4.69, 9.17) is 5.26 Å². The minimum absolute atomic E-state index is 0.126. The Morgan fingerprint density at radius 3 is 2.73 bits per heavy atom. The molecule has 4 heteroatoms. The lowest BCUT2D eigenvalue weighted by Gasteiger charge is -2.02. The third kappa shape index (κ3) is 4.20. The Hall–Kier alpha value is -3.32. The summed E-state index contributed by atoms with van der Waals surface area (Å²) >= 11 is 0. The second-order valence-corrected chi connectivity index (χ2v) is 6.24. The largest absolute Gasteiger partial charge is 0.348 e. The van der Waals surface area contributed by atoms with Crippen LogP contribution in [-0.2, 0) is 17.9 Å². The topological polar surface area (TPSA) is 57.8 Å². The van der Waals surface area contributed by atoms with Gasteiger partial charge in [-0.15, -0.1) is 0 Å². The molecule has 0 aliphatic carbocycles. The van der Waals surface area contributed by atoms with Gasteiger partial charge in [0.25, 0.3) is 0 Å². The zero-order valence-electron chi connectivity index (χ0n) is 14.8. The van der Waals surface area contributed by atoms with E-state index >= 15 is 0 Å². The molecule has 1 amide bonds. The third-order valence-corrected chi connectivity index (χ3v) is 4.29. The smallest absolute Gasteiger partial charge is 0.244 e. The number of benzene rings is 2. The lowest BCUT2D eigenvalue weighted by atomic mass is 10.1. The van der Waals surface area contributed by atoms with Crippen LogP contribution in [0.1, 0.15) is 23.1 Å². The second-order valence-electron chi connectivity index (χ2n) is 6.24. The summed E-state index contributed by atoms with van der Waals surface area (Å²) in [5, 5.41) is 12.8. The van der Waals surface area contributed by atoms with Crippen molar-refractivity contribution in [2.45, 2.75) is 26.4 Å². The van der Waals surface area contributed by atoms with Crippen molar-refractivity contribution < 1.29 is 4.79 Å². The fourth-order valence-corrected chi connectivity index (χ4v) is 2.88. The molecule has 1 N–H and O–H groups in total. The van der Waals surface area contributed by atoms with E-state index < -0.39 is 0 Å². The summed E-state index contributed by atoms with van der Waals surface area (Å²) in [4.78, 5) is 12.1. The quantitative estimate of drug-likeness (QED) is 0.682. The third-order valence-electron chi connectivity index (χ3n) is 4.29. The molecule has 0 aliphatic rings. The van der Waals surface area contributed by atoms with E-state index in [9.17, 15) is 4.79 Å². The molecule has 26 heavy (non-hydrogen) atoms. The summed E-state index contributed by atoms with van der Waals surface area (Å²) in [6.45, 7) is 3.19. The summed E-state index contributed by atoms with van der Waals surface area (Å²) < 4.78 is 2.06. The van der Waals surface area contributed by atoms with Crippen LogP contribution in [0.5, 0.6) is 0 Å². The van der Waals surface area contributed by atoms with Crippen molar-refractivity contribution in [3.63, 3.8) is 0 Å². The summed E-state index contributed by atoms with van der Waals surface area (Å²) in [7, 11) is 0. The van der Waals surface area contributed by atoms with Gasteiger partial charge in [-0.3, -0.25) is 4.79 Å². The average Bonchev–Trinajstić information content (AvgIpc) is 3.02. The molecule has 0 radical (unpaired) electrons. The van der Waals surface area contributed by atoms with E-state index in [0.29, 0.717) is 19.5 Å². The molecule has 0 saturated heterocycles. The monoisotopic (exact) mass is 343 g/mol. The predicted octanol–water partition coefficient (Wildman–Crippen LogP) is 4.19. The minimum atomic E-state index is -0.126. The van der Waals surface area contributed by atoms with Gasteiger partial charge in [-0.2, -0.15) is 5.26 Å². The highest BCUT2D eigenvalue weighted by molar-refractivity contribution is 5.96. The molecule has 3 rings (SSSR count). The summed E-state index contributed by atoms with van der Waals surface area (Å²) in [5.74, 6) is -0.126. The number of aryl methyl sites for hydroxylation is 2. The normalized spacial score (nSPS) is 10.9. The molecular weight excluding hydrogens is 322 g/mol. The maximum absolute atomic E-state index is 12.1. The lowest BCUT2D eigenvalue weighted by molar-refractivity contribution is -0.116. The van der Waals surface area contributed by atoms with Crippen molar-refractivity contribution >= 4 is 22.9 Å². The van der Waals surface area contributed by atoms with Crippen LogP contribution in [0, 0.1) is 18.3 Å². The number of nitrogens with one attached hydrogen (secondary N) is 1. The van der Waals surface area contributed by atoms with Crippen LogP contribution in [0.25, 0.3) is 17.0 Å². The number of aromatic nitrogens is 1. The Morgan fingerprint density at radius 2 is 1.96 bits per heavy atom. The van der Waals surface area contributed by atoms with Crippen LogP contribution in [0.15, 0.2) is 60.8 Å². The first kappa shape index (κ1) is 17.5. The summed E-state index contributed by atoms with van der Waals surface area (Å²) in [5.41, 5.74) is 4.32. The Kier molecular flexibility index (Phi) is 5.50. The van der Waals surface area contributed by atoms with Crippen LogP contribution in [0.2, 0.25) is 0 Å². The SMILES string of the molecule is Cc1ccc(CNC(=O)/C=C/c2cn(CCC#N)c3ccccc23)cc1. The van der Waals surface area contributed by atoms with Crippen molar-refractivity contribution in [1.29, 1.82) is 5.26 Å². The zero-order chi connectivity index (χ0) is 18.4. The van der Waals surface area contributed by atoms with Crippen LogP contribution in [0.4, 0.5) is 0 Å². The molecule has 0 spiro atoms. The fraction of sp³-hybridized carbons (Fsp3) is 0.182. The molecule has 0 fully saturated rings. The number of amides is 1. The van der Waals surface area contributed by atoms with Crippen LogP contribution < -0.4 is 5.32 Å². The van der Waals surface area contributed by atoms with Gasteiger partial charge in [0.05, 0.1) is 12.5 Å². The standard InChI is InChI=1S/C22H21N3O/c1-17-7-9-18(10-8-17)15-24-22(26)12-11-19-16-25(14-4-13-23)21-6-3-2-5-20(19)21/h2-3,5-12,16H,4,14-15H2,1H3,(H,24,26)/b12-11+. The van der Waals surface area contributed by atoms with Gasteiger partial charge in [-0.1, -0.05) is 48.0 Å². The van der Waals surface area contributed by atoms with Gasteiger partial charge in [0.1, 0.15) is 0 Å². The van der Waals surface area contributed by atoms with Gasteiger partial charge in [0.2, 0.25) is 5.91 Å². The summed E-state index contributed by atoms with van der Waals surface area (Å²) in [6.07, 6.45) is 5.84. The molecule has 0 aliphatic heterocycles. The maximum Gasteiger partial charge on any atom is 0.244 e. The molecule has 0 unspecified atom stereocenters. The molecule has 1 aromatic heterocycles. The predicted molar refractivity (Wildman–Crippen MR) is 104 cm³/mol. The average molecular weight is 343 g/mol. The van der Waals surface area contributed by atoms with E-state index in [1.807, 2.05) is 67.7 Å². The molecular formula is C22H21N3O. The minimum Gasteiger partial charge on any atom is -0.348 e. The van der Waals surface area contributed by atoms with Gasteiger partial charge in [0.15, 0.2) is 0 Å². The number of fused-ring (bicyclic) bond motifs is 1. The van der Waals surface area contributed by atoms with E-state index in [0.717, 1.165) is 22.0 Å². The van der Waals surface area contributed by atoms with Gasteiger partial charge in [-0.05, 0) is 24.6 Å². The van der Waals surface area contributed by atoms with Crippen LogP contribution in [-0.4, -0.2) is 10.5 Å². The van der Waals surface area contributed by atoms with E-state index in [-0.39, 0.29) is 5.91 Å². The lowest BCUT2D eigenvalue weighted by Crippen LogP contribution is -2.20. The number of hydrogen-bond acceptors (Lipinski definition) is 2. The van der Waals surface area contributed by atoms with E-state index in [1.54, 1.807) is 6.08 Å². The molecule has 2 aromatic carbocycles. The zero-order valence-corrected chi connectivity index (χ0v) is 14.8. The molecule has 0 bridgehead atoms. The van der Waals surface area contributed by atoms with Gasteiger partial charge in [-0.25, -0.2) is 0 Å². The van der Waals surface area contributed by atoms with E-state index in [2.05, 4.69) is 16.0 Å². The summed E-state index contributed by atoms with van der Waals surface area (Å²) in [6, 6.07) is 18.3. The van der Waals surface area contributed by atoms with Gasteiger partial charge >= 0.3 is 0 Å². The molecule has 3 aromatic rings. The molecule has 1 heterocycles.